The Kier molecular flexibility index (Phi) is 7.74. The fourth-order valence-corrected chi connectivity index (χ4v) is 6.14. The molecule has 0 radical (unpaired) electrons. The highest BCUT2D eigenvalue weighted by atomic mass is 35.5. The summed E-state index contributed by atoms with van der Waals surface area (Å²) in [6.07, 6.45) is 0. The average molecular weight is 576 g/mol. The minimum absolute atomic E-state index is 0.0370. The highest BCUT2D eigenvalue weighted by molar-refractivity contribution is 7.93. The molecule has 37 heavy (non-hydrogen) atoms. The van der Waals surface area contributed by atoms with E-state index in [1.165, 1.54) is 42.5 Å². The number of halogens is 2. The van der Waals surface area contributed by atoms with Gasteiger partial charge in [-0.15, -0.1) is 0 Å². The van der Waals surface area contributed by atoms with Crippen molar-refractivity contribution in [2.45, 2.75) is 9.79 Å². The molecule has 4 rings (SSSR count). The molecule has 0 bridgehead atoms. The second-order valence-corrected chi connectivity index (χ2v) is 11.8. The van der Waals surface area contributed by atoms with Gasteiger partial charge in [0.15, 0.2) is 0 Å². The Balaban J connectivity index is 1.50. The number of carbonyl (C=O) groups excluding carboxylic acids is 1. The van der Waals surface area contributed by atoms with Crippen molar-refractivity contribution >= 4 is 66.2 Å². The van der Waals surface area contributed by atoms with E-state index in [-0.39, 0.29) is 31.1 Å². The molecule has 8 nitrogen and oxygen atoms in total. The van der Waals surface area contributed by atoms with E-state index in [1.807, 2.05) is 0 Å². The second kappa shape index (κ2) is 10.8. The molecule has 4 aromatic rings. The summed E-state index contributed by atoms with van der Waals surface area (Å²) in [7, 11) is -7.99. The Labute approximate surface area is 224 Å². The maximum Gasteiger partial charge on any atom is 0.263 e. The average Bonchev–Trinajstić information content (AvgIpc) is 2.86. The number of hydrogen-bond acceptors (Lipinski definition) is 5. The van der Waals surface area contributed by atoms with E-state index in [4.69, 9.17) is 23.2 Å². The van der Waals surface area contributed by atoms with E-state index in [0.29, 0.717) is 11.4 Å². The number of hydrogen-bond donors (Lipinski definition) is 3. The predicted octanol–water partition coefficient (Wildman–Crippen LogP) is 5.85. The number of benzene rings is 4. The number of para-hydroxylation sites is 2. The van der Waals surface area contributed by atoms with E-state index < -0.39 is 26.0 Å². The lowest BCUT2D eigenvalue weighted by molar-refractivity contribution is 0.102. The second-order valence-electron chi connectivity index (χ2n) is 7.68. The van der Waals surface area contributed by atoms with Crippen LogP contribution in [-0.4, -0.2) is 22.7 Å². The smallest absolute Gasteiger partial charge is 0.263 e. The number of anilines is 3. The third-order valence-electron chi connectivity index (χ3n) is 5.05. The molecule has 0 spiro atoms. The summed E-state index contributed by atoms with van der Waals surface area (Å²) in [6, 6.07) is 24.0. The maximum atomic E-state index is 12.8. The third-order valence-corrected chi connectivity index (χ3v) is 8.62. The predicted molar refractivity (Wildman–Crippen MR) is 145 cm³/mol. The first-order chi connectivity index (χ1) is 17.5. The highest BCUT2D eigenvalue weighted by Crippen LogP contribution is 2.27. The molecule has 0 fully saturated rings. The molecule has 0 aromatic heterocycles. The number of rotatable bonds is 8. The molecule has 12 heteroatoms. The normalized spacial score (nSPS) is 11.5. The van der Waals surface area contributed by atoms with Crippen molar-refractivity contribution in [1.29, 1.82) is 0 Å². The summed E-state index contributed by atoms with van der Waals surface area (Å²) in [4.78, 5) is 12.5. The van der Waals surface area contributed by atoms with E-state index in [0.717, 1.165) is 6.07 Å². The van der Waals surface area contributed by atoms with Crippen LogP contribution < -0.4 is 14.8 Å². The van der Waals surface area contributed by atoms with Crippen LogP contribution in [0.1, 0.15) is 10.4 Å². The van der Waals surface area contributed by atoms with Crippen LogP contribution in [0.3, 0.4) is 0 Å². The minimum Gasteiger partial charge on any atom is -0.322 e. The Morgan fingerprint density at radius 1 is 0.622 bits per heavy atom. The minimum atomic E-state index is -4.07. The zero-order chi connectivity index (χ0) is 26.6. The topological polar surface area (TPSA) is 121 Å². The maximum absolute atomic E-state index is 12.8. The molecule has 190 valence electrons. The van der Waals surface area contributed by atoms with Crippen LogP contribution in [0.25, 0.3) is 0 Å². The Morgan fingerprint density at radius 2 is 1.27 bits per heavy atom. The summed E-state index contributed by atoms with van der Waals surface area (Å²) in [5.74, 6) is -0.613. The lowest BCUT2D eigenvalue weighted by atomic mass is 10.2. The number of carbonyl (C=O) groups is 1. The summed E-state index contributed by atoms with van der Waals surface area (Å²) in [6.45, 7) is 0. The number of amides is 1. The van der Waals surface area contributed by atoms with E-state index in [1.54, 1.807) is 48.5 Å². The molecule has 1 amide bonds. The van der Waals surface area contributed by atoms with Gasteiger partial charge in [-0.3, -0.25) is 14.2 Å². The fraction of sp³-hybridized carbons (Fsp3) is 0. The lowest BCUT2D eigenvalue weighted by Crippen LogP contribution is -2.16. The fourth-order valence-electron chi connectivity index (χ4n) is 3.24. The zero-order valence-corrected chi connectivity index (χ0v) is 22.0. The van der Waals surface area contributed by atoms with Crippen molar-refractivity contribution in [1.82, 2.24) is 0 Å². The van der Waals surface area contributed by atoms with Crippen LogP contribution >= 0.6 is 23.2 Å². The van der Waals surface area contributed by atoms with Gasteiger partial charge in [-0.1, -0.05) is 53.5 Å². The van der Waals surface area contributed by atoms with Crippen molar-refractivity contribution in [3.8, 4) is 0 Å². The first-order valence-corrected chi connectivity index (χ1v) is 14.3. The van der Waals surface area contributed by atoms with Crippen molar-refractivity contribution in [3.05, 3.63) is 113 Å². The molecule has 3 N–H and O–H groups in total. The van der Waals surface area contributed by atoms with Crippen molar-refractivity contribution in [3.63, 3.8) is 0 Å². The van der Waals surface area contributed by atoms with E-state index >= 15 is 0 Å². The molecule has 0 aliphatic carbocycles. The van der Waals surface area contributed by atoms with Crippen LogP contribution in [0.15, 0.2) is 107 Å². The van der Waals surface area contributed by atoms with Crippen LogP contribution in [-0.2, 0) is 20.0 Å². The van der Waals surface area contributed by atoms with Crippen molar-refractivity contribution in [2.75, 3.05) is 14.8 Å². The zero-order valence-electron chi connectivity index (χ0n) is 18.9. The van der Waals surface area contributed by atoms with Crippen molar-refractivity contribution in [2.24, 2.45) is 0 Å². The highest BCUT2D eigenvalue weighted by Gasteiger charge is 2.21. The molecular formula is C25H19Cl2N3O5S2. The van der Waals surface area contributed by atoms with Gasteiger partial charge in [0.2, 0.25) is 0 Å². The molecule has 0 saturated carbocycles. The van der Waals surface area contributed by atoms with Crippen LogP contribution in [0, 0.1) is 0 Å². The van der Waals surface area contributed by atoms with Crippen LogP contribution in [0.5, 0.6) is 0 Å². The van der Waals surface area contributed by atoms with Crippen molar-refractivity contribution < 1.29 is 21.6 Å². The van der Waals surface area contributed by atoms with Gasteiger partial charge in [0.05, 0.1) is 20.6 Å². The molecule has 0 saturated heterocycles. The van der Waals surface area contributed by atoms with Crippen LogP contribution in [0.2, 0.25) is 10.0 Å². The Morgan fingerprint density at radius 3 is 1.95 bits per heavy atom. The van der Waals surface area contributed by atoms with Gasteiger partial charge >= 0.3 is 0 Å². The summed E-state index contributed by atoms with van der Waals surface area (Å²) in [5, 5.41) is 2.80. The lowest BCUT2D eigenvalue weighted by Gasteiger charge is -2.12. The number of nitrogens with one attached hydrogen (secondary N) is 3. The van der Waals surface area contributed by atoms with Gasteiger partial charge in [0.25, 0.3) is 26.0 Å². The Hall–Kier alpha value is -3.57. The van der Waals surface area contributed by atoms with Crippen LogP contribution in [0.4, 0.5) is 17.1 Å². The molecule has 0 heterocycles. The standard InChI is InChI=1S/C25H19Cl2N3O5S2/c26-21-8-4-5-9-23(21)30-36(32,33)20-13-11-18(12-14-20)28-25(31)17-10-15-22(27)24(16-17)37(34,35)29-19-6-2-1-3-7-19/h1-16,29-30H,(H,28,31). The van der Waals surface area contributed by atoms with E-state index in [9.17, 15) is 21.6 Å². The monoisotopic (exact) mass is 575 g/mol. The van der Waals surface area contributed by atoms with Gasteiger partial charge in [0.1, 0.15) is 4.90 Å². The molecular weight excluding hydrogens is 557 g/mol. The molecule has 0 atom stereocenters. The summed E-state index contributed by atoms with van der Waals surface area (Å²) < 4.78 is 55.8. The number of sulfonamides is 2. The molecule has 0 unspecified atom stereocenters. The third kappa shape index (κ3) is 6.41. The largest absolute Gasteiger partial charge is 0.322 e. The molecule has 0 aliphatic rings. The summed E-state index contributed by atoms with van der Waals surface area (Å²) >= 11 is 12.1. The van der Waals surface area contributed by atoms with E-state index in [2.05, 4.69) is 14.8 Å². The van der Waals surface area contributed by atoms with Gasteiger partial charge < -0.3 is 5.32 Å². The summed E-state index contributed by atoms with van der Waals surface area (Å²) in [5.41, 5.74) is 0.905. The SMILES string of the molecule is O=C(Nc1ccc(S(=O)(=O)Nc2ccccc2Cl)cc1)c1ccc(Cl)c(S(=O)(=O)Nc2ccccc2)c1. The van der Waals surface area contributed by atoms with Gasteiger partial charge in [-0.2, -0.15) is 0 Å². The quantitative estimate of drug-likeness (QED) is 0.243. The van der Waals surface area contributed by atoms with Gasteiger partial charge in [-0.25, -0.2) is 16.8 Å². The molecule has 4 aromatic carbocycles. The van der Waals surface area contributed by atoms with Gasteiger partial charge in [0, 0.05) is 16.9 Å². The molecule has 0 aliphatic heterocycles. The van der Waals surface area contributed by atoms with Gasteiger partial charge in [-0.05, 0) is 66.7 Å². The first kappa shape index (κ1) is 26.5. The Bertz CT molecular complexity index is 1660. The first-order valence-electron chi connectivity index (χ1n) is 10.6.